The number of guanidine groups is 1. The monoisotopic (exact) mass is 450 g/mol. The Morgan fingerprint density at radius 2 is 2.12 bits per heavy atom. The van der Waals surface area contributed by atoms with E-state index in [1.54, 1.807) is 20.4 Å². The third-order valence-electron chi connectivity index (χ3n) is 4.21. The Labute approximate surface area is 162 Å². The molecule has 2 rings (SSSR count). The van der Waals surface area contributed by atoms with Crippen LogP contribution in [0.5, 0.6) is 0 Å². The second-order valence-electron chi connectivity index (χ2n) is 5.85. The van der Waals surface area contributed by atoms with Gasteiger partial charge in [-0.2, -0.15) is 0 Å². The maximum Gasteiger partial charge on any atom is 0.191 e. The average molecular weight is 450 g/mol. The molecule has 0 radical (unpaired) electrons. The van der Waals surface area contributed by atoms with Crippen molar-refractivity contribution in [1.82, 2.24) is 15.5 Å². The summed E-state index contributed by atoms with van der Waals surface area (Å²) in [4.78, 5) is 6.80. The van der Waals surface area contributed by atoms with Crippen molar-refractivity contribution < 1.29 is 9.15 Å². The van der Waals surface area contributed by atoms with Gasteiger partial charge in [0.15, 0.2) is 5.96 Å². The van der Waals surface area contributed by atoms with E-state index < -0.39 is 0 Å². The van der Waals surface area contributed by atoms with E-state index in [2.05, 4.69) is 26.6 Å². The molecule has 6 nitrogen and oxygen atoms in total. The van der Waals surface area contributed by atoms with Gasteiger partial charge < -0.3 is 19.8 Å². The van der Waals surface area contributed by atoms with E-state index in [-0.39, 0.29) is 30.0 Å². The maximum absolute atomic E-state index is 5.67. The molecule has 0 amide bonds. The molecular formula is C17H31IN4O2. The summed E-state index contributed by atoms with van der Waals surface area (Å²) < 4.78 is 10.7. The van der Waals surface area contributed by atoms with Gasteiger partial charge in [0.05, 0.1) is 12.3 Å². The first-order valence-corrected chi connectivity index (χ1v) is 8.56. The molecule has 1 aromatic rings. The highest BCUT2D eigenvalue weighted by atomic mass is 127. The number of hydrogen-bond acceptors (Lipinski definition) is 4. The van der Waals surface area contributed by atoms with Crippen LogP contribution < -0.4 is 10.6 Å². The number of aliphatic imine (C=N–C) groups is 1. The third-order valence-corrected chi connectivity index (χ3v) is 4.21. The smallest absolute Gasteiger partial charge is 0.191 e. The fraction of sp³-hybridized carbons (Fsp3) is 0.706. The number of ether oxygens (including phenoxy) is 1. The lowest BCUT2D eigenvalue weighted by atomic mass is 10.1. The number of piperidine rings is 1. The van der Waals surface area contributed by atoms with Crippen molar-refractivity contribution in [3.8, 4) is 0 Å². The van der Waals surface area contributed by atoms with Crippen molar-refractivity contribution >= 4 is 29.9 Å². The van der Waals surface area contributed by atoms with Crippen molar-refractivity contribution in [3.63, 3.8) is 0 Å². The molecule has 0 aromatic carbocycles. The molecule has 1 aromatic heterocycles. The van der Waals surface area contributed by atoms with E-state index in [4.69, 9.17) is 9.15 Å². The van der Waals surface area contributed by atoms with Crippen molar-refractivity contribution in [3.05, 3.63) is 24.2 Å². The Morgan fingerprint density at radius 3 is 2.75 bits per heavy atom. The van der Waals surface area contributed by atoms with Gasteiger partial charge in [-0.1, -0.05) is 6.42 Å². The minimum atomic E-state index is 0. The summed E-state index contributed by atoms with van der Waals surface area (Å²) in [7, 11) is 3.52. The maximum atomic E-state index is 5.67. The fourth-order valence-corrected chi connectivity index (χ4v) is 2.96. The topological polar surface area (TPSA) is 62.0 Å². The molecule has 2 heterocycles. The highest BCUT2D eigenvalue weighted by Gasteiger charge is 2.24. The molecule has 7 heteroatoms. The summed E-state index contributed by atoms with van der Waals surface area (Å²) >= 11 is 0. The molecule has 1 unspecified atom stereocenters. The number of nitrogens with zero attached hydrogens (tertiary/aromatic N) is 2. The standard InChI is InChI=1S/C17H30N4O2.HI/c1-18-17(19-9-7-12-22-2)20-14-15(16-8-6-13-23-16)21-10-4-3-5-11-21;/h6,8,13,15H,3-5,7,9-12,14H2,1-2H3,(H2,18,19,20);1H. The first-order valence-electron chi connectivity index (χ1n) is 8.56. The van der Waals surface area contributed by atoms with Crippen LogP contribution in [0, 0.1) is 0 Å². The summed E-state index contributed by atoms with van der Waals surface area (Å²) in [6.07, 6.45) is 6.58. The summed E-state index contributed by atoms with van der Waals surface area (Å²) in [6, 6.07) is 4.28. The van der Waals surface area contributed by atoms with Crippen LogP contribution in [-0.2, 0) is 4.74 Å². The number of hydrogen-bond donors (Lipinski definition) is 2. The lowest BCUT2D eigenvalue weighted by Gasteiger charge is -2.33. The van der Waals surface area contributed by atoms with Gasteiger partial charge in [-0.15, -0.1) is 24.0 Å². The predicted molar refractivity (Wildman–Crippen MR) is 108 cm³/mol. The lowest BCUT2D eigenvalue weighted by Crippen LogP contribution is -2.44. The molecule has 1 aliphatic rings. The number of rotatable bonds is 8. The largest absolute Gasteiger partial charge is 0.468 e. The molecule has 1 fully saturated rings. The van der Waals surface area contributed by atoms with Crippen LogP contribution in [0.15, 0.2) is 27.8 Å². The normalized spacial score (nSPS) is 17.2. The van der Waals surface area contributed by atoms with E-state index in [9.17, 15) is 0 Å². The number of methoxy groups -OCH3 is 1. The van der Waals surface area contributed by atoms with E-state index in [0.29, 0.717) is 0 Å². The Morgan fingerprint density at radius 1 is 1.33 bits per heavy atom. The minimum absolute atomic E-state index is 0. The van der Waals surface area contributed by atoms with Crippen LogP contribution in [0.4, 0.5) is 0 Å². The van der Waals surface area contributed by atoms with Crippen molar-refractivity contribution in [2.75, 3.05) is 46.9 Å². The Bertz CT molecular complexity index is 447. The van der Waals surface area contributed by atoms with E-state index in [1.165, 1.54) is 19.3 Å². The number of halogens is 1. The zero-order chi connectivity index (χ0) is 16.3. The Balaban J connectivity index is 0.00000288. The zero-order valence-electron chi connectivity index (χ0n) is 14.8. The average Bonchev–Trinajstić information content (AvgIpc) is 3.12. The molecule has 1 saturated heterocycles. The fourth-order valence-electron chi connectivity index (χ4n) is 2.96. The minimum Gasteiger partial charge on any atom is -0.468 e. The van der Waals surface area contributed by atoms with E-state index in [0.717, 1.165) is 50.9 Å². The van der Waals surface area contributed by atoms with Crippen molar-refractivity contribution in [2.45, 2.75) is 31.7 Å². The molecule has 138 valence electrons. The molecule has 24 heavy (non-hydrogen) atoms. The molecule has 0 aliphatic carbocycles. The second kappa shape index (κ2) is 12.5. The first kappa shape index (κ1) is 21.2. The predicted octanol–water partition coefficient (Wildman–Crippen LogP) is 2.63. The quantitative estimate of drug-likeness (QED) is 0.276. The molecule has 0 spiro atoms. The van der Waals surface area contributed by atoms with Gasteiger partial charge >= 0.3 is 0 Å². The SMILES string of the molecule is CN=C(NCCCOC)NCC(c1ccco1)N1CCCCC1.I. The van der Waals surface area contributed by atoms with Gasteiger partial charge in [-0.25, -0.2) is 0 Å². The van der Waals surface area contributed by atoms with Gasteiger partial charge in [0, 0.05) is 33.9 Å². The Kier molecular flexibility index (Phi) is 11.1. The first-order chi connectivity index (χ1) is 11.3. The van der Waals surface area contributed by atoms with Gasteiger partial charge in [-0.05, 0) is 44.5 Å². The highest BCUT2D eigenvalue weighted by molar-refractivity contribution is 14.0. The third kappa shape index (κ3) is 6.98. The van der Waals surface area contributed by atoms with E-state index >= 15 is 0 Å². The van der Waals surface area contributed by atoms with Gasteiger partial charge in [0.1, 0.15) is 5.76 Å². The molecule has 2 N–H and O–H groups in total. The van der Waals surface area contributed by atoms with Crippen LogP contribution in [0.1, 0.15) is 37.5 Å². The van der Waals surface area contributed by atoms with Gasteiger partial charge in [-0.3, -0.25) is 9.89 Å². The summed E-state index contributed by atoms with van der Waals surface area (Å²) in [5, 5.41) is 6.75. The molecular weight excluding hydrogens is 419 g/mol. The van der Waals surface area contributed by atoms with E-state index in [1.807, 2.05) is 6.07 Å². The van der Waals surface area contributed by atoms with Crippen molar-refractivity contribution in [1.29, 1.82) is 0 Å². The Hall–Kier alpha value is -0.800. The zero-order valence-corrected chi connectivity index (χ0v) is 17.1. The number of furan rings is 1. The summed E-state index contributed by atoms with van der Waals surface area (Å²) in [5.74, 6) is 1.85. The number of likely N-dealkylation sites (tertiary alicyclic amines) is 1. The molecule has 0 saturated carbocycles. The molecule has 1 atom stereocenters. The summed E-state index contributed by atoms with van der Waals surface area (Å²) in [5.41, 5.74) is 0. The number of nitrogens with one attached hydrogen (secondary N) is 2. The molecule has 1 aliphatic heterocycles. The van der Waals surface area contributed by atoms with Crippen LogP contribution in [0.25, 0.3) is 0 Å². The molecule has 0 bridgehead atoms. The van der Waals surface area contributed by atoms with Gasteiger partial charge in [0.2, 0.25) is 0 Å². The van der Waals surface area contributed by atoms with Crippen LogP contribution in [0.3, 0.4) is 0 Å². The van der Waals surface area contributed by atoms with Crippen LogP contribution in [-0.4, -0.2) is 57.8 Å². The summed E-state index contributed by atoms with van der Waals surface area (Å²) in [6.45, 7) is 4.66. The second-order valence-corrected chi connectivity index (χ2v) is 5.85. The highest BCUT2D eigenvalue weighted by Crippen LogP contribution is 2.24. The lowest BCUT2D eigenvalue weighted by molar-refractivity contribution is 0.146. The van der Waals surface area contributed by atoms with Crippen LogP contribution >= 0.6 is 24.0 Å². The van der Waals surface area contributed by atoms with Crippen LogP contribution in [0.2, 0.25) is 0 Å². The van der Waals surface area contributed by atoms with Gasteiger partial charge in [0.25, 0.3) is 0 Å². The van der Waals surface area contributed by atoms with Crippen molar-refractivity contribution in [2.24, 2.45) is 4.99 Å².